The monoisotopic (exact) mass is 275 g/mol. The Morgan fingerprint density at radius 3 is 2.58 bits per heavy atom. The molecule has 0 radical (unpaired) electrons. The number of likely N-dealkylation sites (N-methyl/N-ethyl adjacent to an activating group) is 1. The fourth-order valence-corrected chi connectivity index (χ4v) is 2.29. The number of hydrogen-bond donors (Lipinski definition) is 0. The van der Waals surface area contributed by atoms with Gasteiger partial charge in [-0.2, -0.15) is 0 Å². The van der Waals surface area contributed by atoms with Crippen LogP contribution in [0.3, 0.4) is 0 Å². The second-order valence-electron chi connectivity index (χ2n) is 5.18. The fraction of sp³-hybridized carbons (Fsp3) is 0.750. The van der Waals surface area contributed by atoms with E-state index in [1.54, 1.807) is 11.9 Å². The van der Waals surface area contributed by atoms with Gasteiger partial charge >= 0.3 is 29.6 Å². The van der Waals surface area contributed by atoms with Gasteiger partial charge in [0.15, 0.2) is 0 Å². The smallest absolute Gasteiger partial charge is 0.548 e. The van der Waals surface area contributed by atoms with Crippen molar-refractivity contribution < 1.29 is 43.9 Å². The molecule has 2 rings (SSSR count). The van der Waals surface area contributed by atoms with Gasteiger partial charge in [0, 0.05) is 18.5 Å². The summed E-state index contributed by atoms with van der Waals surface area (Å²) in [4.78, 5) is 12.7. The predicted octanol–water partition coefficient (Wildman–Crippen LogP) is -2.88. The van der Waals surface area contributed by atoms with Gasteiger partial charge in [-0.25, -0.2) is 0 Å². The number of carbonyl (C=O) groups is 1. The first-order chi connectivity index (χ1) is 8.49. The van der Waals surface area contributed by atoms with Crippen LogP contribution in [0, 0.1) is 0 Å². The van der Waals surface area contributed by atoms with Gasteiger partial charge in [-0.15, -0.1) is 10.2 Å². The van der Waals surface area contributed by atoms with Crippen molar-refractivity contribution in [1.82, 2.24) is 15.1 Å². The Morgan fingerprint density at radius 2 is 2.11 bits per heavy atom. The normalized spacial score (nSPS) is 24.2. The summed E-state index contributed by atoms with van der Waals surface area (Å²) in [5.41, 5.74) is 0. The summed E-state index contributed by atoms with van der Waals surface area (Å²) in [5, 5.41) is 19.0. The van der Waals surface area contributed by atoms with Crippen molar-refractivity contribution in [2.75, 3.05) is 13.6 Å². The van der Waals surface area contributed by atoms with Crippen molar-refractivity contribution in [3.63, 3.8) is 0 Å². The van der Waals surface area contributed by atoms with E-state index in [-0.39, 0.29) is 41.4 Å². The molecule has 1 aromatic rings. The van der Waals surface area contributed by atoms with Crippen LogP contribution in [0.5, 0.6) is 0 Å². The minimum absolute atomic E-state index is 0. The van der Waals surface area contributed by atoms with E-state index in [0.717, 1.165) is 6.42 Å². The molecule has 0 aromatic carbocycles. The molecule has 100 valence electrons. The van der Waals surface area contributed by atoms with Gasteiger partial charge in [0.2, 0.25) is 11.8 Å². The Morgan fingerprint density at radius 1 is 1.42 bits per heavy atom. The van der Waals surface area contributed by atoms with E-state index in [1.165, 1.54) is 0 Å². The van der Waals surface area contributed by atoms with Crippen LogP contribution in [0.4, 0.5) is 0 Å². The molecule has 1 fully saturated rings. The number of nitrogens with zero attached hydrogens (tertiary/aromatic N) is 3. The minimum Gasteiger partial charge on any atom is -0.548 e. The zero-order chi connectivity index (χ0) is 13.3. The summed E-state index contributed by atoms with van der Waals surface area (Å²) in [6.45, 7) is 4.60. The number of piperidine rings is 1. The van der Waals surface area contributed by atoms with Crippen molar-refractivity contribution in [1.29, 1.82) is 0 Å². The molecule has 19 heavy (non-hydrogen) atoms. The van der Waals surface area contributed by atoms with Gasteiger partial charge in [0.05, 0.1) is 11.9 Å². The quantitative estimate of drug-likeness (QED) is 0.551. The van der Waals surface area contributed by atoms with Crippen molar-refractivity contribution in [2.45, 2.75) is 44.6 Å². The zero-order valence-electron chi connectivity index (χ0n) is 11.9. The molecule has 1 aromatic heterocycles. The van der Waals surface area contributed by atoms with Gasteiger partial charge in [-0.3, -0.25) is 4.90 Å². The molecule has 6 nitrogen and oxygen atoms in total. The Bertz CT molecular complexity index is 436. The molecule has 2 unspecified atom stereocenters. The fourth-order valence-electron chi connectivity index (χ4n) is 2.29. The topological polar surface area (TPSA) is 82.3 Å². The average molecular weight is 275 g/mol. The third kappa shape index (κ3) is 3.78. The Kier molecular flexibility index (Phi) is 5.98. The maximum atomic E-state index is 10.9. The Balaban J connectivity index is 0.00000180. The molecule has 2 atom stereocenters. The molecule has 0 aliphatic carbocycles. The standard InChI is InChI=1S/C12H19N3O3.Na/c1-7(2)10-13-14-11(18-10)8-4-5-9(12(16)17)15(3)6-8;/h7-9H,4-6H2,1-3H3,(H,16,17);/q;+1/p-1. The first kappa shape index (κ1) is 16.6. The van der Waals surface area contributed by atoms with E-state index < -0.39 is 12.0 Å². The summed E-state index contributed by atoms with van der Waals surface area (Å²) in [7, 11) is 1.78. The largest absolute Gasteiger partial charge is 1.00 e. The number of likely N-dealkylation sites (tertiary alicyclic amines) is 1. The maximum Gasteiger partial charge on any atom is 1.00 e. The third-order valence-corrected chi connectivity index (χ3v) is 3.40. The Hall–Kier alpha value is -0.430. The molecule has 0 spiro atoms. The van der Waals surface area contributed by atoms with Crippen LogP contribution in [0.25, 0.3) is 0 Å². The van der Waals surface area contributed by atoms with Crippen molar-refractivity contribution >= 4 is 5.97 Å². The van der Waals surface area contributed by atoms with Crippen molar-refractivity contribution in [3.8, 4) is 0 Å². The van der Waals surface area contributed by atoms with E-state index >= 15 is 0 Å². The van der Waals surface area contributed by atoms with Crippen LogP contribution in [0.2, 0.25) is 0 Å². The molecule has 7 heteroatoms. The van der Waals surface area contributed by atoms with Gasteiger partial charge in [0.1, 0.15) is 0 Å². The molecule has 0 saturated carbocycles. The van der Waals surface area contributed by atoms with E-state index in [1.807, 2.05) is 13.8 Å². The van der Waals surface area contributed by atoms with Crippen LogP contribution in [0.15, 0.2) is 4.42 Å². The first-order valence-corrected chi connectivity index (χ1v) is 6.23. The molecule has 0 amide bonds. The molecule has 1 aliphatic heterocycles. The molecular formula is C12H18N3NaO3. The summed E-state index contributed by atoms with van der Waals surface area (Å²) in [6.07, 6.45) is 1.30. The molecule has 0 bridgehead atoms. The summed E-state index contributed by atoms with van der Waals surface area (Å²) in [6, 6.07) is -0.506. The summed E-state index contributed by atoms with van der Waals surface area (Å²) >= 11 is 0. The summed E-state index contributed by atoms with van der Waals surface area (Å²) in [5.74, 6) is 0.565. The zero-order valence-corrected chi connectivity index (χ0v) is 13.9. The first-order valence-electron chi connectivity index (χ1n) is 6.23. The maximum absolute atomic E-state index is 10.9. The van der Waals surface area contributed by atoms with Crippen LogP contribution in [0.1, 0.15) is 50.3 Å². The predicted molar refractivity (Wildman–Crippen MR) is 61.8 cm³/mol. The number of carboxylic acid groups (broad SMARTS) is 1. The molecular weight excluding hydrogens is 257 g/mol. The van der Waals surface area contributed by atoms with Crippen LogP contribution >= 0.6 is 0 Å². The third-order valence-electron chi connectivity index (χ3n) is 3.40. The molecule has 2 heterocycles. The van der Waals surface area contributed by atoms with Crippen molar-refractivity contribution in [2.24, 2.45) is 0 Å². The Labute approximate surface area is 134 Å². The van der Waals surface area contributed by atoms with E-state index in [9.17, 15) is 9.90 Å². The van der Waals surface area contributed by atoms with Gasteiger partial charge in [0.25, 0.3) is 0 Å². The number of aromatic nitrogens is 2. The van der Waals surface area contributed by atoms with E-state index in [2.05, 4.69) is 10.2 Å². The van der Waals surface area contributed by atoms with Gasteiger partial charge in [-0.1, -0.05) is 13.8 Å². The number of carbonyl (C=O) groups excluding carboxylic acids is 1. The van der Waals surface area contributed by atoms with Crippen LogP contribution in [-0.4, -0.2) is 40.7 Å². The SMILES string of the molecule is CC(C)c1nnc(C2CCC(C(=O)[O-])N(C)C2)o1.[Na+]. The van der Waals surface area contributed by atoms with Gasteiger partial charge in [-0.05, 0) is 19.9 Å². The van der Waals surface area contributed by atoms with Crippen molar-refractivity contribution in [3.05, 3.63) is 11.8 Å². The second kappa shape index (κ2) is 6.83. The number of rotatable bonds is 3. The second-order valence-corrected chi connectivity index (χ2v) is 5.18. The number of carboxylic acids is 1. The molecule has 1 saturated heterocycles. The minimum atomic E-state index is -1.01. The van der Waals surface area contributed by atoms with E-state index in [4.69, 9.17) is 4.42 Å². The summed E-state index contributed by atoms with van der Waals surface area (Å²) < 4.78 is 5.62. The molecule has 0 N–H and O–H groups in total. The van der Waals surface area contributed by atoms with Gasteiger partial charge < -0.3 is 14.3 Å². The van der Waals surface area contributed by atoms with E-state index in [0.29, 0.717) is 24.7 Å². The number of aliphatic carboxylic acids is 1. The average Bonchev–Trinajstić information content (AvgIpc) is 2.77. The van der Waals surface area contributed by atoms with Crippen LogP contribution in [-0.2, 0) is 4.79 Å². The molecule has 1 aliphatic rings. The number of hydrogen-bond acceptors (Lipinski definition) is 6. The van der Waals surface area contributed by atoms with Crippen LogP contribution < -0.4 is 34.7 Å².